The first kappa shape index (κ1) is 12.9. The Kier molecular flexibility index (Phi) is 8.40. The van der Waals surface area contributed by atoms with E-state index in [1.807, 2.05) is 0 Å². The van der Waals surface area contributed by atoms with Crippen LogP contribution in [0.4, 0.5) is 0 Å². The lowest BCUT2D eigenvalue weighted by atomic mass is 10.3. The summed E-state index contributed by atoms with van der Waals surface area (Å²) in [5, 5.41) is 12.1. The number of aliphatic hydroxyl groups excluding tert-OH is 1. The van der Waals surface area contributed by atoms with Crippen LogP contribution < -0.4 is 5.32 Å². The van der Waals surface area contributed by atoms with Crippen LogP contribution in [0.25, 0.3) is 0 Å². The normalized spacial score (nSPS) is 11.5. The molecule has 3 nitrogen and oxygen atoms in total. The number of aliphatic hydroxyl groups is 1. The van der Waals surface area contributed by atoms with Crippen LogP contribution in [-0.4, -0.2) is 48.8 Å². The van der Waals surface area contributed by atoms with Gasteiger partial charge < -0.3 is 15.3 Å². The van der Waals surface area contributed by atoms with Crippen LogP contribution in [0, 0.1) is 0 Å². The van der Waals surface area contributed by atoms with Gasteiger partial charge in [-0.15, -0.1) is 0 Å². The van der Waals surface area contributed by atoms with E-state index in [1.165, 1.54) is 0 Å². The van der Waals surface area contributed by atoms with Gasteiger partial charge >= 0.3 is 0 Å². The first-order valence-electron chi connectivity index (χ1n) is 5.27. The summed E-state index contributed by atoms with van der Waals surface area (Å²) in [5.74, 6) is 0. The Bertz CT molecular complexity index is 107. The van der Waals surface area contributed by atoms with E-state index in [0.717, 1.165) is 32.6 Å². The van der Waals surface area contributed by atoms with Crippen molar-refractivity contribution in [1.82, 2.24) is 10.2 Å². The summed E-state index contributed by atoms with van der Waals surface area (Å²) in [6.45, 7) is 11.0. The summed E-state index contributed by atoms with van der Waals surface area (Å²) >= 11 is 0. The largest absolute Gasteiger partial charge is 0.396 e. The Morgan fingerprint density at radius 3 is 2.46 bits per heavy atom. The number of rotatable bonds is 8. The predicted octanol–water partition coefficient (Wildman–Crippen LogP) is 0.689. The van der Waals surface area contributed by atoms with Gasteiger partial charge in [0, 0.05) is 32.3 Å². The Labute approximate surface area is 82.1 Å². The fraction of sp³-hybridized carbons (Fsp3) is 1.00. The molecule has 2 N–H and O–H groups in total. The quantitative estimate of drug-likeness (QED) is 0.588. The van der Waals surface area contributed by atoms with E-state index in [0.29, 0.717) is 12.6 Å². The zero-order valence-corrected chi connectivity index (χ0v) is 9.21. The molecule has 0 aromatic heterocycles. The second-order valence-electron chi connectivity index (χ2n) is 3.62. The van der Waals surface area contributed by atoms with Crippen molar-refractivity contribution in [1.29, 1.82) is 0 Å². The Balaban J connectivity index is 3.36. The highest BCUT2D eigenvalue weighted by Crippen LogP contribution is 1.89. The molecular weight excluding hydrogens is 164 g/mol. The SMILES string of the molecule is CCN(CCCO)CCNC(C)C. The summed E-state index contributed by atoms with van der Waals surface area (Å²) in [4.78, 5) is 2.35. The standard InChI is InChI=1S/C10H24N2O/c1-4-12(7-5-9-13)8-6-11-10(2)3/h10-11,13H,4-9H2,1-3H3. The lowest BCUT2D eigenvalue weighted by molar-refractivity contribution is 0.229. The van der Waals surface area contributed by atoms with Crippen LogP contribution in [-0.2, 0) is 0 Å². The highest BCUT2D eigenvalue weighted by Gasteiger charge is 2.01. The van der Waals surface area contributed by atoms with Crippen LogP contribution in [0.5, 0.6) is 0 Å². The Morgan fingerprint density at radius 2 is 2.00 bits per heavy atom. The average Bonchev–Trinajstić information content (AvgIpc) is 2.10. The van der Waals surface area contributed by atoms with Crippen molar-refractivity contribution >= 4 is 0 Å². The third-order valence-corrected chi connectivity index (χ3v) is 2.06. The number of nitrogens with zero attached hydrogens (tertiary/aromatic N) is 1. The second kappa shape index (κ2) is 8.48. The zero-order valence-electron chi connectivity index (χ0n) is 9.21. The first-order valence-corrected chi connectivity index (χ1v) is 5.27. The number of nitrogens with one attached hydrogen (secondary N) is 1. The number of likely N-dealkylation sites (N-methyl/N-ethyl adjacent to an activating group) is 1. The van der Waals surface area contributed by atoms with Crippen molar-refractivity contribution in [3.8, 4) is 0 Å². The molecule has 0 saturated heterocycles. The lowest BCUT2D eigenvalue weighted by Crippen LogP contribution is -2.35. The highest BCUT2D eigenvalue weighted by molar-refractivity contribution is 4.59. The van der Waals surface area contributed by atoms with Gasteiger partial charge in [-0.25, -0.2) is 0 Å². The smallest absolute Gasteiger partial charge is 0.0443 e. The van der Waals surface area contributed by atoms with Crippen LogP contribution in [0.1, 0.15) is 27.2 Å². The van der Waals surface area contributed by atoms with E-state index in [1.54, 1.807) is 0 Å². The Hall–Kier alpha value is -0.120. The lowest BCUT2D eigenvalue weighted by Gasteiger charge is -2.20. The van der Waals surface area contributed by atoms with Gasteiger partial charge in [-0.1, -0.05) is 20.8 Å². The summed E-state index contributed by atoms with van der Waals surface area (Å²) in [7, 11) is 0. The van der Waals surface area contributed by atoms with E-state index in [-0.39, 0.29) is 0 Å². The molecule has 80 valence electrons. The van der Waals surface area contributed by atoms with Crippen molar-refractivity contribution in [2.24, 2.45) is 0 Å². The second-order valence-corrected chi connectivity index (χ2v) is 3.62. The zero-order chi connectivity index (χ0) is 10.1. The number of hydrogen-bond acceptors (Lipinski definition) is 3. The molecule has 0 aliphatic heterocycles. The molecule has 0 saturated carbocycles. The molecule has 3 heteroatoms. The molecule has 0 atom stereocenters. The van der Waals surface area contributed by atoms with Crippen LogP contribution in [0.2, 0.25) is 0 Å². The topological polar surface area (TPSA) is 35.5 Å². The van der Waals surface area contributed by atoms with E-state index < -0.39 is 0 Å². The molecule has 0 heterocycles. The van der Waals surface area contributed by atoms with Crippen molar-refractivity contribution in [3.05, 3.63) is 0 Å². The summed E-state index contributed by atoms with van der Waals surface area (Å²) in [5.41, 5.74) is 0. The molecular formula is C10H24N2O. The maximum Gasteiger partial charge on any atom is 0.0443 e. The molecule has 0 fully saturated rings. The highest BCUT2D eigenvalue weighted by atomic mass is 16.3. The monoisotopic (exact) mass is 188 g/mol. The fourth-order valence-corrected chi connectivity index (χ4v) is 1.23. The molecule has 13 heavy (non-hydrogen) atoms. The minimum atomic E-state index is 0.300. The molecule has 0 bridgehead atoms. The first-order chi connectivity index (χ1) is 6.20. The molecule has 0 rings (SSSR count). The summed E-state index contributed by atoms with van der Waals surface area (Å²) < 4.78 is 0. The van der Waals surface area contributed by atoms with E-state index in [2.05, 4.69) is 31.0 Å². The maximum absolute atomic E-state index is 8.68. The summed E-state index contributed by atoms with van der Waals surface area (Å²) in [6, 6.07) is 0.566. The third-order valence-electron chi connectivity index (χ3n) is 2.06. The van der Waals surface area contributed by atoms with Gasteiger partial charge in [0.05, 0.1) is 0 Å². The van der Waals surface area contributed by atoms with Gasteiger partial charge in [0.2, 0.25) is 0 Å². The molecule has 0 aromatic carbocycles. The minimum absolute atomic E-state index is 0.300. The van der Waals surface area contributed by atoms with Gasteiger partial charge in [-0.3, -0.25) is 0 Å². The molecule has 0 amide bonds. The van der Waals surface area contributed by atoms with Crippen molar-refractivity contribution < 1.29 is 5.11 Å². The van der Waals surface area contributed by atoms with Gasteiger partial charge in [-0.05, 0) is 13.0 Å². The minimum Gasteiger partial charge on any atom is -0.396 e. The predicted molar refractivity (Wildman–Crippen MR) is 57.0 cm³/mol. The maximum atomic E-state index is 8.68. The molecule has 0 aromatic rings. The van der Waals surface area contributed by atoms with E-state index in [4.69, 9.17) is 5.11 Å². The molecule has 0 spiro atoms. The van der Waals surface area contributed by atoms with E-state index >= 15 is 0 Å². The molecule has 0 radical (unpaired) electrons. The molecule has 0 aliphatic carbocycles. The Morgan fingerprint density at radius 1 is 1.31 bits per heavy atom. The van der Waals surface area contributed by atoms with Gasteiger partial charge in [0.25, 0.3) is 0 Å². The molecule has 0 aliphatic rings. The van der Waals surface area contributed by atoms with Crippen LogP contribution >= 0.6 is 0 Å². The summed E-state index contributed by atoms with van der Waals surface area (Å²) in [6.07, 6.45) is 0.884. The van der Waals surface area contributed by atoms with Crippen molar-refractivity contribution in [2.45, 2.75) is 33.2 Å². The molecule has 0 unspecified atom stereocenters. The van der Waals surface area contributed by atoms with Gasteiger partial charge in [0.1, 0.15) is 0 Å². The van der Waals surface area contributed by atoms with E-state index in [9.17, 15) is 0 Å². The van der Waals surface area contributed by atoms with Crippen molar-refractivity contribution in [2.75, 3.05) is 32.8 Å². The third kappa shape index (κ3) is 8.22. The van der Waals surface area contributed by atoms with Gasteiger partial charge in [0.15, 0.2) is 0 Å². The van der Waals surface area contributed by atoms with Crippen molar-refractivity contribution in [3.63, 3.8) is 0 Å². The van der Waals surface area contributed by atoms with Gasteiger partial charge in [-0.2, -0.15) is 0 Å². The number of hydrogen-bond donors (Lipinski definition) is 2. The fourth-order valence-electron chi connectivity index (χ4n) is 1.23. The average molecular weight is 188 g/mol. The van der Waals surface area contributed by atoms with Crippen LogP contribution in [0.15, 0.2) is 0 Å². The van der Waals surface area contributed by atoms with Crippen LogP contribution in [0.3, 0.4) is 0 Å².